The average molecular weight is 269 g/mol. The Labute approximate surface area is 95.4 Å². The van der Waals surface area contributed by atoms with Gasteiger partial charge in [0.1, 0.15) is 0 Å². The first-order chi connectivity index (χ1) is 7.78. The van der Waals surface area contributed by atoms with Crippen molar-refractivity contribution >= 4 is 9.84 Å². The first-order valence-electron chi connectivity index (χ1n) is 4.84. The highest BCUT2D eigenvalue weighted by Crippen LogP contribution is 2.28. The molecule has 1 fully saturated rings. The number of nitrogens with zero attached hydrogens (tertiary/aromatic N) is 1. The highest BCUT2D eigenvalue weighted by Gasteiger charge is 2.36. The lowest BCUT2D eigenvalue weighted by molar-refractivity contribution is -0.144. The SMILES string of the molecule is O=S1(=O)CCNC(c2cnc(C(F)(F)F)[nH]2)C1. The fourth-order valence-corrected chi connectivity index (χ4v) is 3.04. The van der Waals surface area contributed by atoms with E-state index >= 15 is 0 Å². The Morgan fingerprint density at radius 1 is 1.41 bits per heavy atom. The molecule has 0 amide bonds. The van der Waals surface area contributed by atoms with Crippen LogP contribution in [0.15, 0.2) is 6.20 Å². The van der Waals surface area contributed by atoms with Crippen LogP contribution in [0.5, 0.6) is 0 Å². The summed E-state index contributed by atoms with van der Waals surface area (Å²) in [5.74, 6) is -1.33. The molecule has 2 heterocycles. The molecule has 2 N–H and O–H groups in total. The number of imidazole rings is 1. The van der Waals surface area contributed by atoms with E-state index in [1.165, 1.54) is 0 Å². The van der Waals surface area contributed by atoms with E-state index in [1.54, 1.807) is 0 Å². The summed E-state index contributed by atoms with van der Waals surface area (Å²) in [5.41, 5.74) is 0.139. The van der Waals surface area contributed by atoms with Gasteiger partial charge in [-0.1, -0.05) is 0 Å². The van der Waals surface area contributed by atoms with Crippen molar-refractivity contribution < 1.29 is 21.6 Å². The van der Waals surface area contributed by atoms with Crippen LogP contribution in [0.4, 0.5) is 13.2 Å². The number of H-pyrrole nitrogens is 1. The quantitative estimate of drug-likeness (QED) is 0.778. The summed E-state index contributed by atoms with van der Waals surface area (Å²) in [6.45, 7) is 0.230. The van der Waals surface area contributed by atoms with Crippen molar-refractivity contribution in [1.82, 2.24) is 15.3 Å². The van der Waals surface area contributed by atoms with Gasteiger partial charge in [-0.3, -0.25) is 0 Å². The van der Waals surface area contributed by atoms with Crippen molar-refractivity contribution in [3.8, 4) is 0 Å². The molecule has 5 nitrogen and oxygen atoms in total. The largest absolute Gasteiger partial charge is 0.449 e. The number of aromatic nitrogens is 2. The molecule has 1 aliphatic rings. The molecule has 96 valence electrons. The molecule has 0 radical (unpaired) electrons. The van der Waals surface area contributed by atoms with Gasteiger partial charge in [-0.25, -0.2) is 13.4 Å². The Kier molecular flexibility index (Phi) is 2.90. The van der Waals surface area contributed by atoms with E-state index < -0.39 is 27.9 Å². The van der Waals surface area contributed by atoms with Crippen LogP contribution in [-0.4, -0.2) is 36.4 Å². The average Bonchev–Trinajstić information content (AvgIpc) is 2.63. The third-order valence-corrected chi connectivity index (χ3v) is 4.13. The van der Waals surface area contributed by atoms with E-state index in [4.69, 9.17) is 0 Å². The Morgan fingerprint density at radius 3 is 2.65 bits per heavy atom. The van der Waals surface area contributed by atoms with Crippen LogP contribution in [0.25, 0.3) is 0 Å². The fourth-order valence-electron chi connectivity index (χ4n) is 1.64. The van der Waals surface area contributed by atoms with Crippen LogP contribution < -0.4 is 5.32 Å². The van der Waals surface area contributed by atoms with Gasteiger partial charge >= 0.3 is 6.18 Å². The van der Waals surface area contributed by atoms with Crippen LogP contribution in [0.1, 0.15) is 17.6 Å². The maximum absolute atomic E-state index is 12.3. The number of rotatable bonds is 1. The summed E-state index contributed by atoms with van der Waals surface area (Å²) < 4.78 is 59.5. The molecule has 1 aliphatic heterocycles. The Balaban J connectivity index is 2.21. The normalized spacial score (nSPS) is 24.8. The molecule has 0 saturated carbocycles. The molecule has 2 rings (SSSR count). The number of halogens is 3. The van der Waals surface area contributed by atoms with Crippen molar-refractivity contribution in [2.75, 3.05) is 18.1 Å². The van der Waals surface area contributed by atoms with Gasteiger partial charge in [0.25, 0.3) is 0 Å². The van der Waals surface area contributed by atoms with Gasteiger partial charge < -0.3 is 10.3 Å². The van der Waals surface area contributed by atoms with Gasteiger partial charge in [0.05, 0.1) is 29.4 Å². The topological polar surface area (TPSA) is 74.8 Å². The second kappa shape index (κ2) is 3.98. The van der Waals surface area contributed by atoms with E-state index in [0.29, 0.717) is 0 Å². The molecule has 1 unspecified atom stereocenters. The number of hydrogen-bond acceptors (Lipinski definition) is 4. The fraction of sp³-hybridized carbons (Fsp3) is 0.625. The zero-order valence-corrected chi connectivity index (χ0v) is 9.40. The smallest absolute Gasteiger partial charge is 0.337 e. The third kappa shape index (κ3) is 2.78. The predicted molar refractivity (Wildman–Crippen MR) is 53.0 cm³/mol. The van der Waals surface area contributed by atoms with Crippen LogP contribution in [0.3, 0.4) is 0 Å². The Hall–Kier alpha value is -1.09. The second-order valence-corrected chi connectivity index (χ2v) is 6.03. The first-order valence-corrected chi connectivity index (χ1v) is 6.66. The maximum Gasteiger partial charge on any atom is 0.449 e. The highest BCUT2D eigenvalue weighted by atomic mass is 32.2. The maximum atomic E-state index is 12.3. The molecule has 0 aromatic carbocycles. The molecule has 17 heavy (non-hydrogen) atoms. The minimum absolute atomic E-state index is 0.00374. The molecule has 0 aliphatic carbocycles. The van der Waals surface area contributed by atoms with Crippen molar-refractivity contribution in [1.29, 1.82) is 0 Å². The molecule has 1 aromatic heterocycles. The summed E-state index contributed by atoms with van der Waals surface area (Å²) in [7, 11) is -3.20. The predicted octanol–water partition coefficient (Wildman–Crippen LogP) is 0.488. The lowest BCUT2D eigenvalue weighted by Crippen LogP contribution is -2.39. The lowest BCUT2D eigenvalue weighted by atomic mass is 10.2. The lowest BCUT2D eigenvalue weighted by Gasteiger charge is -2.22. The van der Waals surface area contributed by atoms with E-state index in [0.717, 1.165) is 6.20 Å². The monoisotopic (exact) mass is 269 g/mol. The number of nitrogens with one attached hydrogen (secondary N) is 2. The standard InChI is InChI=1S/C8H10F3N3O2S/c9-8(10,11)7-13-3-5(14-7)6-4-17(15,16)2-1-12-6/h3,6,12H,1-2,4H2,(H,13,14). The molecule has 1 aromatic rings. The molecule has 9 heteroatoms. The summed E-state index contributed by atoms with van der Waals surface area (Å²) in [5, 5.41) is 2.84. The first kappa shape index (κ1) is 12.4. The van der Waals surface area contributed by atoms with Gasteiger partial charge in [-0.05, 0) is 0 Å². The van der Waals surface area contributed by atoms with Gasteiger partial charge in [0.15, 0.2) is 9.84 Å². The van der Waals surface area contributed by atoms with Gasteiger partial charge in [-0.2, -0.15) is 13.2 Å². The summed E-state index contributed by atoms with van der Waals surface area (Å²) in [6, 6.07) is -0.655. The van der Waals surface area contributed by atoms with Crippen molar-refractivity contribution in [2.24, 2.45) is 0 Å². The zero-order valence-electron chi connectivity index (χ0n) is 8.58. The van der Waals surface area contributed by atoms with Gasteiger partial charge in [0.2, 0.25) is 5.82 Å². The molecule has 1 atom stereocenters. The summed E-state index contributed by atoms with van der Waals surface area (Å²) in [6.07, 6.45) is -3.53. The van der Waals surface area contributed by atoms with Crippen molar-refractivity contribution in [3.05, 3.63) is 17.7 Å². The number of hydrogen-bond donors (Lipinski definition) is 2. The van der Waals surface area contributed by atoms with E-state index in [1.807, 2.05) is 0 Å². The van der Waals surface area contributed by atoms with E-state index in [9.17, 15) is 21.6 Å². The van der Waals surface area contributed by atoms with Crippen molar-refractivity contribution in [3.63, 3.8) is 0 Å². The van der Waals surface area contributed by atoms with Crippen LogP contribution >= 0.6 is 0 Å². The molecule has 1 saturated heterocycles. The summed E-state index contributed by atoms with van der Waals surface area (Å²) >= 11 is 0. The van der Waals surface area contributed by atoms with E-state index in [-0.39, 0.29) is 23.7 Å². The number of sulfone groups is 1. The molecule has 0 bridgehead atoms. The third-order valence-electron chi connectivity index (χ3n) is 2.46. The zero-order chi connectivity index (χ0) is 12.7. The molecule has 0 spiro atoms. The minimum Gasteiger partial charge on any atom is -0.337 e. The van der Waals surface area contributed by atoms with Gasteiger partial charge in [0, 0.05) is 6.54 Å². The van der Waals surface area contributed by atoms with E-state index in [2.05, 4.69) is 15.3 Å². The second-order valence-electron chi connectivity index (χ2n) is 3.81. The highest BCUT2D eigenvalue weighted by molar-refractivity contribution is 7.91. The van der Waals surface area contributed by atoms with Crippen LogP contribution in [-0.2, 0) is 16.0 Å². The Bertz CT molecular complexity index is 508. The molecular weight excluding hydrogens is 259 g/mol. The Morgan fingerprint density at radius 2 is 2.12 bits per heavy atom. The molecular formula is C8H10F3N3O2S. The number of aromatic amines is 1. The minimum atomic E-state index is -4.55. The summed E-state index contributed by atoms with van der Waals surface area (Å²) in [4.78, 5) is 5.29. The van der Waals surface area contributed by atoms with Crippen LogP contribution in [0.2, 0.25) is 0 Å². The van der Waals surface area contributed by atoms with Crippen molar-refractivity contribution in [2.45, 2.75) is 12.2 Å². The van der Waals surface area contributed by atoms with Crippen LogP contribution in [0, 0.1) is 0 Å². The van der Waals surface area contributed by atoms with Gasteiger partial charge in [-0.15, -0.1) is 0 Å². The number of alkyl halides is 3.